The maximum atomic E-state index is 13.2. The van der Waals surface area contributed by atoms with E-state index in [1.807, 2.05) is 20.8 Å². The molecule has 2 saturated heterocycles. The first-order valence-corrected chi connectivity index (χ1v) is 8.86. The molecule has 0 unspecified atom stereocenters. The number of Topliss-reactive ketones (excluding diaryl/α,β-unsaturated/α-hetero) is 1. The fraction of sp³-hybridized carbons (Fsp3) is 0.889. The fourth-order valence-electron chi connectivity index (χ4n) is 3.90. The van der Waals surface area contributed by atoms with Crippen molar-refractivity contribution in [1.82, 2.24) is 4.90 Å². The van der Waals surface area contributed by atoms with Crippen LogP contribution in [-0.4, -0.2) is 58.2 Å². The maximum absolute atomic E-state index is 13.2. The number of ether oxygens (including phenoxy) is 4. The lowest BCUT2D eigenvalue weighted by atomic mass is 9.80. The van der Waals surface area contributed by atoms with Crippen LogP contribution in [-0.2, 0) is 23.7 Å². The van der Waals surface area contributed by atoms with Gasteiger partial charge < -0.3 is 18.9 Å². The van der Waals surface area contributed by atoms with Crippen LogP contribution in [0.4, 0.5) is 4.79 Å². The Morgan fingerprint density at radius 2 is 1.84 bits per heavy atom. The molecule has 0 bridgehead atoms. The maximum Gasteiger partial charge on any atom is 0.412 e. The molecule has 7 nitrogen and oxygen atoms in total. The van der Waals surface area contributed by atoms with Gasteiger partial charge in [-0.1, -0.05) is 0 Å². The Bertz CT molecular complexity index is 593. The first-order valence-electron chi connectivity index (χ1n) is 8.86. The van der Waals surface area contributed by atoms with Crippen molar-refractivity contribution in [2.75, 3.05) is 6.54 Å². The van der Waals surface area contributed by atoms with Crippen LogP contribution in [0.2, 0.25) is 0 Å². The Balaban J connectivity index is 1.82. The molecule has 3 aliphatic rings. The minimum Gasteiger partial charge on any atom is -0.444 e. The van der Waals surface area contributed by atoms with Gasteiger partial charge in [-0.15, -0.1) is 0 Å². The zero-order chi connectivity index (χ0) is 18.8. The standard InChI is InChI=1S/C18H29NO6/c1-15(2,3)24-14(21)19-10-18(25-16(19,4)5)9-8-11-12(13(18)20)23-17(6,7)22-11/h11-12H,8-10H2,1-7H3/t11-,12-,18+/m1/s1. The van der Waals surface area contributed by atoms with Crippen LogP contribution in [0.1, 0.15) is 61.3 Å². The van der Waals surface area contributed by atoms with Gasteiger partial charge in [-0.05, 0) is 61.3 Å². The normalized spacial score (nSPS) is 36.6. The molecule has 142 valence electrons. The van der Waals surface area contributed by atoms with E-state index in [9.17, 15) is 9.59 Å². The highest BCUT2D eigenvalue weighted by Crippen LogP contribution is 2.46. The highest BCUT2D eigenvalue weighted by atomic mass is 16.8. The lowest BCUT2D eigenvalue weighted by Gasteiger charge is -2.36. The molecule has 2 heterocycles. The summed E-state index contributed by atoms with van der Waals surface area (Å²) in [5, 5.41) is 0. The minimum absolute atomic E-state index is 0.145. The Kier molecular flexibility index (Phi) is 4.03. The summed E-state index contributed by atoms with van der Waals surface area (Å²) in [4.78, 5) is 27.2. The lowest BCUT2D eigenvalue weighted by Crippen LogP contribution is -2.55. The first kappa shape index (κ1) is 18.6. The number of carbonyl (C=O) groups is 2. The van der Waals surface area contributed by atoms with Crippen LogP contribution in [0, 0.1) is 0 Å². The van der Waals surface area contributed by atoms with Crippen molar-refractivity contribution in [3.8, 4) is 0 Å². The first-order chi connectivity index (χ1) is 11.2. The molecule has 1 amide bonds. The summed E-state index contributed by atoms with van der Waals surface area (Å²) in [5.41, 5.74) is -2.61. The average Bonchev–Trinajstić information content (AvgIpc) is 2.87. The summed E-state index contributed by atoms with van der Waals surface area (Å²) in [5.74, 6) is -0.927. The smallest absolute Gasteiger partial charge is 0.412 e. The molecule has 2 aliphatic heterocycles. The van der Waals surface area contributed by atoms with Gasteiger partial charge in [0.05, 0.1) is 12.6 Å². The van der Waals surface area contributed by atoms with E-state index >= 15 is 0 Å². The van der Waals surface area contributed by atoms with Crippen LogP contribution >= 0.6 is 0 Å². The number of fused-ring (bicyclic) bond motifs is 1. The molecule has 1 saturated carbocycles. The molecule has 1 aliphatic carbocycles. The Morgan fingerprint density at radius 1 is 1.20 bits per heavy atom. The highest BCUT2D eigenvalue weighted by Gasteiger charge is 2.63. The van der Waals surface area contributed by atoms with Gasteiger partial charge in [-0.3, -0.25) is 9.69 Å². The second kappa shape index (κ2) is 5.41. The van der Waals surface area contributed by atoms with Gasteiger partial charge in [-0.25, -0.2) is 4.79 Å². The van der Waals surface area contributed by atoms with Gasteiger partial charge in [0.2, 0.25) is 0 Å². The SMILES string of the molecule is CC(C)(C)OC(=O)N1C[C@]2(CC[C@H]3OC(C)(C)O[C@H]3C2=O)OC1(C)C. The van der Waals surface area contributed by atoms with Crippen molar-refractivity contribution in [3.05, 3.63) is 0 Å². The monoisotopic (exact) mass is 355 g/mol. The molecule has 0 N–H and O–H groups in total. The molecule has 3 atom stereocenters. The lowest BCUT2D eigenvalue weighted by molar-refractivity contribution is -0.174. The third kappa shape index (κ3) is 3.29. The summed E-state index contributed by atoms with van der Waals surface area (Å²) in [6.45, 7) is 12.8. The second-order valence-electron chi connectivity index (χ2n) is 9.11. The van der Waals surface area contributed by atoms with Crippen LogP contribution in [0.5, 0.6) is 0 Å². The van der Waals surface area contributed by atoms with Crippen molar-refractivity contribution in [2.24, 2.45) is 0 Å². The number of hydrogen-bond acceptors (Lipinski definition) is 6. The van der Waals surface area contributed by atoms with Crippen LogP contribution in [0.3, 0.4) is 0 Å². The molecule has 3 rings (SSSR count). The third-order valence-electron chi connectivity index (χ3n) is 4.85. The van der Waals surface area contributed by atoms with E-state index in [4.69, 9.17) is 18.9 Å². The molecule has 0 aromatic rings. The largest absolute Gasteiger partial charge is 0.444 e. The average molecular weight is 355 g/mol. The molecule has 0 aromatic carbocycles. The number of nitrogens with zero attached hydrogens (tertiary/aromatic N) is 1. The van der Waals surface area contributed by atoms with Gasteiger partial charge >= 0.3 is 6.09 Å². The molecule has 25 heavy (non-hydrogen) atoms. The van der Waals surface area contributed by atoms with Gasteiger partial charge in [0.25, 0.3) is 0 Å². The van der Waals surface area contributed by atoms with E-state index in [-0.39, 0.29) is 18.4 Å². The number of amides is 1. The predicted molar refractivity (Wildman–Crippen MR) is 88.9 cm³/mol. The highest BCUT2D eigenvalue weighted by molar-refractivity contribution is 5.94. The van der Waals surface area contributed by atoms with Gasteiger partial charge in [0, 0.05) is 0 Å². The summed E-state index contributed by atoms with van der Waals surface area (Å²) < 4.78 is 23.3. The summed E-state index contributed by atoms with van der Waals surface area (Å²) in [6.07, 6.45) is -0.241. The number of ketones is 1. The molecule has 0 aromatic heterocycles. The van der Waals surface area contributed by atoms with E-state index < -0.39 is 34.9 Å². The van der Waals surface area contributed by atoms with E-state index in [0.717, 1.165) is 0 Å². The third-order valence-corrected chi connectivity index (χ3v) is 4.85. The zero-order valence-electron chi connectivity index (χ0n) is 16.2. The van der Waals surface area contributed by atoms with Crippen molar-refractivity contribution in [1.29, 1.82) is 0 Å². The van der Waals surface area contributed by atoms with Gasteiger partial charge in [0.15, 0.2) is 11.6 Å². The van der Waals surface area contributed by atoms with Crippen LogP contribution in [0.25, 0.3) is 0 Å². The van der Waals surface area contributed by atoms with Crippen molar-refractivity contribution >= 4 is 11.9 Å². The topological polar surface area (TPSA) is 74.3 Å². The van der Waals surface area contributed by atoms with E-state index in [1.165, 1.54) is 4.90 Å². The molecule has 0 radical (unpaired) electrons. The summed E-state index contributed by atoms with van der Waals surface area (Å²) in [6, 6.07) is 0. The van der Waals surface area contributed by atoms with Crippen molar-refractivity contribution < 1.29 is 28.5 Å². The van der Waals surface area contributed by atoms with Crippen LogP contribution in [0.15, 0.2) is 0 Å². The molecule has 7 heteroatoms. The number of rotatable bonds is 0. The minimum atomic E-state index is -1.06. The summed E-state index contributed by atoms with van der Waals surface area (Å²) >= 11 is 0. The van der Waals surface area contributed by atoms with Crippen LogP contribution < -0.4 is 0 Å². The van der Waals surface area contributed by atoms with Gasteiger partial charge in [0.1, 0.15) is 23.0 Å². The molecule has 1 spiro atoms. The fourth-order valence-corrected chi connectivity index (χ4v) is 3.90. The molecular weight excluding hydrogens is 326 g/mol. The van der Waals surface area contributed by atoms with E-state index in [1.54, 1.807) is 27.7 Å². The van der Waals surface area contributed by atoms with E-state index in [0.29, 0.717) is 12.8 Å². The molecule has 3 fully saturated rings. The van der Waals surface area contributed by atoms with Gasteiger partial charge in [-0.2, -0.15) is 0 Å². The Morgan fingerprint density at radius 3 is 2.44 bits per heavy atom. The van der Waals surface area contributed by atoms with Crippen molar-refractivity contribution in [2.45, 2.75) is 96.2 Å². The number of hydrogen-bond donors (Lipinski definition) is 0. The predicted octanol–water partition coefficient (Wildman–Crippen LogP) is 2.61. The Hall–Kier alpha value is -1.18. The van der Waals surface area contributed by atoms with E-state index in [2.05, 4.69) is 0 Å². The zero-order valence-corrected chi connectivity index (χ0v) is 16.2. The number of carbonyl (C=O) groups excluding carboxylic acids is 2. The quantitative estimate of drug-likeness (QED) is 0.665. The second-order valence-corrected chi connectivity index (χ2v) is 9.11. The van der Waals surface area contributed by atoms with Crippen molar-refractivity contribution in [3.63, 3.8) is 0 Å². The summed E-state index contributed by atoms with van der Waals surface area (Å²) in [7, 11) is 0. The molecular formula is C18H29NO6. The Labute approximate surface area is 148 Å².